The van der Waals surface area contributed by atoms with E-state index in [1.165, 1.54) is 0 Å². The topological polar surface area (TPSA) is 78.6 Å². The van der Waals surface area contributed by atoms with Gasteiger partial charge in [-0.3, -0.25) is 0 Å². The van der Waals surface area contributed by atoms with Gasteiger partial charge in [-0.25, -0.2) is 9.50 Å². The molecule has 1 atom stereocenters. The monoisotopic (exact) mass is 378 g/mol. The third-order valence-corrected chi connectivity index (χ3v) is 4.89. The predicted molar refractivity (Wildman–Crippen MR) is 110 cm³/mol. The number of imidazole rings is 1. The molecule has 3 heterocycles. The molecule has 0 aliphatic heterocycles. The minimum Gasteiger partial charge on any atom is -0.477 e. The summed E-state index contributed by atoms with van der Waals surface area (Å²) >= 11 is 0. The molecule has 0 aliphatic carbocycles. The molecule has 1 aromatic carbocycles. The second kappa shape index (κ2) is 8.44. The van der Waals surface area contributed by atoms with Gasteiger partial charge in [0.1, 0.15) is 11.3 Å². The molecule has 4 rings (SSSR count). The summed E-state index contributed by atoms with van der Waals surface area (Å²) in [5.41, 5.74) is 8.47. The van der Waals surface area contributed by atoms with Gasteiger partial charge in [0.15, 0.2) is 11.4 Å². The smallest absolute Gasteiger partial charge is 0.231 e. The molecule has 0 fully saturated rings. The SMILES string of the molecule is CCCC(N)CCCCOc1ccc2ncc(-c3cc4ccccc4o3)n2n1. The molecule has 0 bridgehead atoms. The number of para-hydroxylation sites is 1. The fourth-order valence-electron chi connectivity index (χ4n) is 3.41. The standard InChI is InChI=1S/C22H26N4O2/c1-2-7-17(23)9-5-6-13-27-22-12-11-21-24-15-18(26(21)25-22)20-14-16-8-3-4-10-19(16)28-20/h3-4,8,10-12,14-15,17H,2,5-7,9,13,23H2,1H3. The highest BCUT2D eigenvalue weighted by Crippen LogP contribution is 2.28. The Labute approximate surface area is 164 Å². The van der Waals surface area contributed by atoms with Crippen LogP contribution in [0.2, 0.25) is 0 Å². The van der Waals surface area contributed by atoms with E-state index in [4.69, 9.17) is 14.9 Å². The third-order valence-electron chi connectivity index (χ3n) is 4.89. The lowest BCUT2D eigenvalue weighted by Gasteiger charge is -2.10. The maximum Gasteiger partial charge on any atom is 0.231 e. The summed E-state index contributed by atoms with van der Waals surface area (Å²) in [5, 5.41) is 5.65. The fraction of sp³-hybridized carbons (Fsp3) is 0.364. The number of hydrogen-bond donors (Lipinski definition) is 1. The van der Waals surface area contributed by atoms with Gasteiger partial charge in [-0.1, -0.05) is 31.5 Å². The Hall–Kier alpha value is -2.86. The van der Waals surface area contributed by atoms with E-state index in [1.54, 1.807) is 10.7 Å². The highest BCUT2D eigenvalue weighted by Gasteiger charge is 2.13. The summed E-state index contributed by atoms with van der Waals surface area (Å²) < 4.78 is 13.6. The van der Waals surface area contributed by atoms with E-state index in [0.29, 0.717) is 18.5 Å². The zero-order valence-corrected chi connectivity index (χ0v) is 16.2. The molecule has 28 heavy (non-hydrogen) atoms. The first-order chi connectivity index (χ1) is 13.7. The molecule has 3 aromatic heterocycles. The van der Waals surface area contributed by atoms with Gasteiger partial charge in [-0.15, -0.1) is 5.10 Å². The Balaban J connectivity index is 1.44. The van der Waals surface area contributed by atoms with Gasteiger partial charge in [0.05, 0.1) is 12.8 Å². The van der Waals surface area contributed by atoms with Crippen LogP contribution in [0.5, 0.6) is 5.88 Å². The average molecular weight is 378 g/mol. The van der Waals surface area contributed by atoms with Crippen LogP contribution in [-0.2, 0) is 0 Å². The number of benzene rings is 1. The summed E-state index contributed by atoms with van der Waals surface area (Å²) in [5.74, 6) is 1.32. The summed E-state index contributed by atoms with van der Waals surface area (Å²) in [6, 6.07) is 14.0. The average Bonchev–Trinajstić information content (AvgIpc) is 3.31. The van der Waals surface area contributed by atoms with Crippen molar-refractivity contribution in [2.45, 2.75) is 45.1 Å². The van der Waals surface area contributed by atoms with Gasteiger partial charge < -0.3 is 14.9 Å². The van der Waals surface area contributed by atoms with Gasteiger partial charge in [-0.2, -0.15) is 0 Å². The molecular formula is C22H26N4O2. The Morgan fingerprint density at radius 2 is 2.04 bits per heavy atom. The molecule has 1 unspecified atom stereocenters. The molecule has 0 amide bonds. The Bertz CT molecular complexity index is 1020. The Morgan fingerprint density at radius 1 is 1.14 bits per heavy atom. The van der Waals surface area contributed by atoms with Crippen molar-refractivity contribution < 1.29 is 9.15 Å². The zero-order valence-electron chi connectivity index (χ0n) is 16.2. The van der Waals surface area contributed by atoms with Crippen molar-refractivity contribution in [3.63, 3.8) is 0 Å². The normalized spacial score (nSPS) is 12.6. The van der Waals surface area contributed by atoms with Crippen LogP contribution >= 0.6 is 0 Å². The van der Waals surface area contributed by atoms with Crippen molar-refractivity contribution in [3.8, 4) is 17.3 Å². The summed E-state index contributed by atoms with van der Waals surface area (Å²) in [6.07, 6.45) is 7.08. The number of furan rings is 1. The summed E-state index contributed by atoms with van der Waals surface area (Å²) in [4.78, 5) is 4.42. The number of fused-ring (bicyclic) bond motifs is 2. The fourth-order valence-corrected chi connectivity index (χ4v) is 3.41. The molecule has 0 aliphatic rings. The quantitative estimate of drug-likeness (QED) is 0.423. The zero-order chi connectivity index (χ0) is 19.3. The second-order valence-corrected chi connectivity index (χ2v) is 7.13. The van der Waals surface area contributed by atoms with E-state index in [0.717, 1.165) is 60.2 Å². The van der Waals surface area contributed by atoms with Crippen LogP contribution in [0.1, 0.15) is 39.0 Å². The molecule has 2 N–H and O–H groups in total. The van der Waals surface area contributed by atoms with Gasteiger partial charge in [-0.05, 0) is 43.9 Å². The number of aromatic nitrogens is 3. The van der Waals surface area contributed by atoms with Crippen molar-refractivity contribution in [1.29, 1.82) is 0 Å². The Kier molecular flexibility index (Phi) is 5.58. The first-order valence-electron chi connectivity index (χ1n) is 9.96. The third kappa shape index (κ3) is 4.02. The number of hydrogen-bond acceptors (Lipinski definition) is 5. The van der Waals surface area contributed by atoms with Gasteiger partial charge in [0.2, 0.25) is 5.88 Å². The van der Waals surface area contributed by atoms with Crippen molar-refractivity contribution in [2.24, 2.45) is 5.73 Å². The minimum atomic E-state index is 0.303. The van der Waals surface area contributed by atoms with Gasteiger partial charge in [0, 0.05) is 17.5 Å². The van der Waals surface area contributed by atoms with E-state index < -0.39 is 0 Å². The van der Waals surface area contributed by atoms with E-state index in [2.05, 4.69) is 17.0 Å². The second-order valence-electron chi connectivity index (χ2n) is 7.13. The molecule has 0 saturated heterocycles. The number of unbranched alkanes of at least 4 members (excludes halogenated alkanes) is 1. The van der Waals surface area contributed by atoms with Crippen LogP contribution in [0.25, 0.3) is 28.1 Å². The van der Waals surface area contributed by atoms with Crippen LogP contribution in [0, 0.1) is 0 Å². The van der Waals surface area contributed by atoms with Gasteiger partial charge >= 0.3 is 0 Å². The summed E-state index contributed by atoms with van der Waals surface area (Å²) in [6.45, 7) is 2.80. The highest BCUT2D eigenvalue weighted by atomic mass is 16.5. The molecule has 146 valence electrons. The Morgan fingerprint density at radius 3 is 2.89 bits per heavy atom. The van der Waals surface area contributed by atoms with Crippen molar-refractivity contribution >= 4 is 16.6 Å². The molecular weight excluding hydrogens is 352 g/mol. The van der Waals surface area contributed by atoms with Crippen LogP contribution in [0.4, 0.5) is 0 Å². The first kappa shape index (κ1) is 18.5. The molecule has 6 nitrogen and oxygen atoms in total. The maximum atomic E-state index is 6.06. The molecule has 0 saturated carbocycles. The maximum absolute atomic E-state index is 6.06. The van der Waals surface area contributed by atoms with E-state index in [1.807, 2.05) is 42.5 Å². The lowest BCUT2D eigenvalue weighted by atomic mass is 10.1. The predicted octanol–water partition coefficient (Wildman–Crippen LogP) is 4.82. The molecule has 4 aromatic rings. The van der Waals surface area contributed by atoms with Crippen LogP contribution in [0.15, 0.2) is 53.1 Å². The first-order valence-corrected chi connectivity index (χ1v) is 9.96. The number of rotatable bonds is 9. The number of nitrogens with two attached hydrogens (primary N) is 1. The minimum absolute atomic E-state index is 0.303. The lowest BCUT2D eigenvalue weighted by molar-refractivity contribution is 0.287. The van der Waals surface area contributed by atoms with E-state index in [-0.39, 0.29) is 0 Å². The largest absolute Gasteiger partial charge is 0.477 e. The lowest BCUT2D eigenvalue weighted by Crippen LogP contribution is -2.19. The van der Waals surface area contributed by atoms with E-state index in [9.17, 15) is 0 Å². The van der Waals surface area contributed by atoms with Crippen LogP contribution in [-0.4, -0.2) is 27.2 Å². The molecule has 0 spiro atoms. The summed E-state index contributed by atoms with van der Waals surface area (Å²) in [7, 11) is 0. The van der Waals surface area contributed by atoms with Crippen molar-refractivity contribution in [2.75, 3.05) is 6.61 Å². The highest BCUT2D eigenvalue weighted by molar-refractivity contribution is 5.82. The van der Waals surface area contributed by atoms with Gasteiger partial charge in [0.25, 0.3) is 0 Å². The molecule has 0 radical (unpaired) electrons. The number of ether oxygens (including phenoxy) is 1. The molecule has 6 heteroatoms. The van der Waals surface area contributed by atoms with Crippen LogP contribution < -0.4 is 10.5 Å². The van der Waals surface area contributed by atoms with Crippen LogP contribution in [0.3, 0.4) is 0 Å². The van der Waals surface area contributed by atoms with E-state index >= 15 is 0 Å². The van der Waals surface area contributed by atoms with Crippen molar-refractivity contribution in [3.05, 3.63) is 48.7 Å². The number of nitrogens with zero attached hydrogens (tertiary/aromatic N) is 3. The van der Waals surface area contributed by atoms with Crippen molar-refractivity contribution in [1.82, 2.24) is 14.6 Å².